The first kappa shape index (κ1) is 14.8. The Morgan fingerprint density at radius 3 is 2.59 bits per heavy atom. The molecule has 4 bridgehead atoms. The van der Waals surface area contributed by atoms with Crippen molar-refractivity contribution in [2.75, 3.05) is 11.9 Å². The number of hydrogen-bond donors (Lipinski definition) is 1. The Bertz CT molecular complexity index is 658. The standard InChI is InChI=1S/C17H19Cl2NO2/c1-15-9-22-17(8-10(15)6-7-16(15,17)2)14(21)20-13-11(18)4-3-5-12(13)19/h3-5,10H,6-9H2,1-2H3,(H,20,21). The van der Waals surface area contributed by atoms with Crippen LogP contribution in [0.4, 0.5) is 5.69 Å². The number of ether oxygens (including phenoxy) is 1. The summed E-state index contributed by atoms with van der Waals surface area (Å²) in [5.74, 6) is 0.467. The molecule has 0 radical (unpaired) electrons. The quantitative estimate of drug-likeness (QED) is 0.859. The molecular weight excluding hydrogens is 321 g/mol. The van der Waals surface area contributed by atoms with E-state index in [1.165, 1.54) is 6.42 Å². The number of rotatable bonds is 2. The van der Waals surface area contributed by atoms with Crippen LogP contribution in [0.1, 0.15) is 33.1 Å². The Morgan fingerprint density at radius 2 is 2.00 bits per heavy atom. The van der Waals surface area contributed by atoms with Crippen molar-refractivity contribution in [2.45, 2.75) is 38.7 Å². The third kappa shape index (κ3) is 1.50. The van der Waals surface area contributed by atoms with Gasteiger partial charge in [0.15, 0.2) is 5.60 Å². The summed E-state index contributed by atoms with van der Waals surface area (Å²) < 4.78 is 6.09. The van der Waals surface area contributed by atoms with Crippen LogP contribution in [0.2, 0.25) is 10.0 Å². The predicted octanol–water partition coefficient (Wildman–Crippen LogP) is 4.53. The number of nitrogens with one attached hydrogen (secondary N) is 1. The molecule has 1 aliphatic heterocycles. The lowest BCUT2D eigenvalue weighted by atomic mass is 9.66. The smallest absolute Gasteiger partial charge is 0.257 e. The molecule has 1 aromatic rings. The van der Waals surface area contributed by atoms with Crippen LogP contribution in [-0.4, -0.2) is 18.1 Å². The van der Waals surface area contributed by atoms with E-state index in [1.807, 2.05) is 0 Å². The minimum Gasteiger partial charge on any atom is -0.364 e. The van der Waals surface area contributed by atoms with Crippen LogP contribution in [0.3, 0.4) is 0 Å². The highest BCUT2D eigenvalue weighted by Gasteiger charge is 2.78. The number of carbonyl (C=O) groups is 1. The number of para-hydroxylation sites is 1. The second kappa shape index (κ2) is 4.40. The molecule has 3 nitrogen and oxygen atoms in total. The molecule has 4 rings (SSSR count). The first-order valence-corrected chi connectivity index (χ1v) is 8.49. The van der Waals surface area contributed by atoms with Crippen LogP contribution in [0.15, 0.2) is 18.2 Å². The van der Waals surface area contributed by atoms with Crippen LogP contribution < -0.4 is 5.32 Å². The maximum atomic E-state index is 13.1. The first-order chi connectivity index (χ1) is 10.3. The van der Waals surface area contributed by atoms with Gasteiger partial charge in [0.25, 0.3) is 5.91 Å². The maximum absolute atomic E-state index is 13.1. The van der Waals surface area contributed by atoms with Gasteiger partial charge < -0.3 is 10.1 Å². The molecule has 2 aliphatic carbocycles. The Kier molecular flexibility index (Phi) is 2.96. The predicted molar refractivity (Wildman–Crippen MR) is 87.3 cm³/mol. The normalized spacial score (nSPS) is 41.9. The molecule has 4 atom stereocenters. The summed E-state index contributed by atoms with van der Waals surface area (Å²) in [7, 11) is 0. The fraction of sp³-hybridized carbons (Fsp3) is 0.588. The Labute approximate surface area is 140 Å². The lowest BCUT2D eigenvalue weighted by molar-refractivity contribution is -0.149. The molecule has 0 spiro atoms. The van der Waals surface area contributed by atoms with Gasteiger partial charge in [-0.1, -0.05) is 43.1 Å². The number of carbonyl (C=O) groups excluding carboxylic acids is 1. The van der Waals surface area contributed by atoms with Crippen LogP contribution in [0, 0.1) is 16.7 Å². The molecule has 1 heterocycles. The summed E-state index contributed by atoms with van der Waals surface area (Å²) in [4.78, 5) is 13.1. The third-order valence-electron chi connectivity index (χ3n) is 6.77. The van der Waals surface area contributed by atoms with E-state index in [2.05, 4.69) is 19.2 Å². The van der Waals surface area contributed by atoms with Gasteiger partial charge in [0.2, 0.25) is 0 Å². The topological polar surface area (TPSA) is 38.3 Å². The second-order valence-electron chi connectivity index (χ2n) is 7.36. The summed E-state index contributed by atoms with van der Waals surface area (Å²) in [6.07, 6.45) is 3.03. The van der Waals surface area contributed by atoms with Crippen molar-refractivity contribution in [3.63, 3.8) is 0 Å². The molecular formula is C17H19Cl2NO2. The zero-order valence-corrected chi connectivity index (χ0v) is 14.2. The van der Waals surface area contributed by atoms with Gasteiger partial charge in [-0.05, 0) is 37.3 Å². The van der Waals surface area contributed by atoms with E-state index in [0.29, 0.717) is 28.3 Å². The molecule has 4 unspecified atom stereocenters. The number of hydrogen-bond acceptors (Lipinski definition) is 2. The maximum Gasteiger partial charge on any atom is 0.257 e. The van der Waals surface area contributed by atoms with Gasteiger partial charge in [0.05, 0.1) is 22.3 Å². The van der Waals surface area contributed by atoms with Crippen molar-refractivity contribution < 1.29 is 9.53 Å². The third-order valence-corrected chi connectivity index (χ3v) is 7.40. The van der Waals surface area contributed by atoms with E-state index < -0.39 is 5.60 Å². The van der Waals surface area contributed by atoms with Gasteiger partial charge in [-0.2, -0.15) is 0 Å². The average molecular weight is 340 g/mol. The molecule has 1 amide bonds. The molecule has 2 saturated carbocycles. The first-order valence-electron chi connectivity index (χ1n) is 7.73. The SMILES string of the molecule is CC12COC3(C(=O)Nc4c(Cl)cccc4Cl)CC1CCC32C. The van der Waals surface area contributed by atoms with Crippen LogP contribution in [-0.2, 0) is 9.53 Å². The zero-order valence-electron chi connectivity index (χ0n) is 12.7. The van der Waals surface area contributed by atoms with E-state index in [0.717, 1.165) is 12.8 Å². The molecule has 5 heteroatoms. The summed E-state index contributed by atoms with van der Waals surface area (Å²) >= 11 is 12.4. The molecule has 1 N–H and O–H groups in total. The molecule has 3 fully saturated rings. The highest BCUT2D eigenvalue weighted by atomic mass is 35.5. The van der Waals surface area contributed by atoms with E-state index in [4.69, 9.17) is 27.9 Å². The fourth-order valence-electron chi connectivity index (χ4n) is 5.09. The van der Waals surface area contributed by atoms with Gasteiger partial charge >= 0.3 is 0 Å². The minimum atomic E-state index is -0.743. The Hall–Kier alpha value is -0.770. The summed E-state index contributed by atoms with van der Waals surface area (Å²) in [6, 6.07) is 5.21. The van der Waals surface area contributed by atoms with Gasteiger partial charge in [-0.3, -0.25) is 4.79 Å². The lowest BCUT2D eigenvalue weighted by Crippen LogP contribution is -2.52. The van der Waals surface area contributed by atoms with Crippen LogP contribution in [0.25, 0.3) is 0 Å². The van der Waals surface area contributed by atoms with Gasteiger partial charge in [0.1, 0.15) is 0 Å². The Morgan fingerprint density at radius 1 is 1.32 bits per heavy atom. The van der Waals surface area contributed by atoms with E-state index >= 15 is 0 Å². The molecule has 118 valence electrons. The Balaban J connectivity index is 1.70. The van der Waals surface area contributed by atoms with Gasteiger partial charge in [-0.25, -0.2) is 0 Å². The van der Waals surface area contributed by atoms with Crippen LogP contribution in [0.5, 0.6) is 0 Å². The summed E-state index contributed by atoms with van der Waals surface area (Å²) in [5.41, 5.74) is -0.265. The van der Waals surface area contributed by atoms with Crippen molar-refractivity contribution in [3.8, 4) is 0 Å². The summed E-state index contributed by atoms with van der Waals surface area (Å²) in [5, 5.41) is 3.84. The van der Waals surface area contributed by atoms with E-state index in [9.17, 15) is 4.79 Å². The van der Waals surface area contributed by atoms with Crippen LogP contribution >= 0.6 is 23.2 Å². The van der Waals surface area contributed by atoms with Crippen molar-refractivity contribution in [3.05, 3.63) is 28.2 Å². The lowest BCUT2D eigenvalue weighted by Gasteiger charge is -2.40. The largest absolute Gasteiger partial charge is 0.364 e. The number of amides is 1. The fourth-order valence-corrected chi connectivity index (χ4v) is 5.58. The number of benzene rings is 1. The second-order valence-corrected chi connectivity index (χ2v) is 8.17. The average Bonchev–Trinajstić information content (AvgIpc) is 2.95. The van der Waals surface area contributed by atoms with Crippen molar-refractivity contribution in [2.24, 2.45) is 16.7 Å². The summed E-state index contributed by atoms with van der Waals surface area (Å²) in [6.45, 7) is 5.15. The number of anilines is 1. The minimum absolute atomic E-state index is 0.101. The monoisotopic (exact) mass is 339 g/mol. The van der Waals surface area contributed by atoms with Gasteiger partial charge in [-0.15, -0.1) is 0 Å². The van der Waals surface area contributed by atoms with Crippen molar-refractivity contribution in [1.29, 1.82) is 0 Å². The zero-order chi connectivity index (χ0) is 15.8. The van der Waals surface area contributed by atoms with Crippen molar-refractivity contribution in [1.82, 2.24) is 0 Å². The van der Waals surface area contributed by atoms with E-state index in [-0.39, 0.29) is 16.7 Å². The molecule has 0 aromatic heterocycles. The highest BCUT2D eigenvalue weighted by molar-refractivity contribution is 6.39. The molecule has 22 heavy (non-hydrogen) atoms. The van der Waals surface area contributed by atoms with E-state index in [1.54, 1.807) is 18.2 Å². The van der Waals surface area contributed by atoms with Gasteiger partial charge in [0, 0.05) is 10.8 Å². The van der Waals surface area contributed by atoms with Crippen molar-refractivity contribution >= 4 is 34.8 Å². The highest BCUT2D eigenvalue weighted by Crippen LogP contribution is 2.75. The molecule has 1 aromatic carbocycles. The molecule has 1 saturated heterocycles. The molecule has 3 aliphatic rings. The number of halogens is 2.